The Hall–Kier alpha value is -3.13. The van der Waals surface area contributed by atoms with Crippen molar-refractivity contribution in [3.05, 3.63) is 53.1 Å². The maximum atomic E-state index is 10.8. The third-order valence-electron chi connectivity index (χ3n) is 3.79. The molecule has 0 aliphatic heterocycles. The molecule has 2 aromatic carbocycles. The van der Waals surface area contributed by atoms with Gasteiger partial charge in [0.25, 0.3) is 5.95 Å². The van der Waals surface area contributed by atoms with E-state index in [4.69, 9.17) is 16.2 Å². The molecule has 0 radical (unpaired) electrons. The van der Waals surface area contributed by atoms with Gasteiger partial charge in [-0.15, -0.1) is 0 Å². The number of ether oxygens (including phenoxy) is 1. The summed E-state index contributed by atoms with van der Waals surface area (Å²) in [5.74, 6) is 0.498. The fourth-order valence-electron chi connectivity index (χ4n) is 2.66. The van der Waals surface area contributed by atoms with Gasteiger partial charge in [0, 0.05) is 17.3 Å². The normalized spacial score (nSPS) is 10.7. The molecule has 5 N–H and O–H groups in total. The summed E-state index contributed by atoms with van der Waals surface area (Å²) < 4.78 is 6.16. The van der Waals surface area contributed by atoms with E-state index in [-0.39, 0.29) is 23.8 Å². The fraction of sp³-hybridized carbons (Fsp3) is 0.150. The van der Waals surface area contributed by atoms with E-state index in [1.165, 1.54) is 0 Å². The van der Waals surface area contributed by atoms with E-state index >= 15 is 0 Å². The zero-order chi connectivity index (χ0) is 20.3. The predicted octanol–water partition coefficient (Wildman–Crippen LogP) is 3.97. The first-order chi connectivity index (χ1) is 13.4. The van der Waals surface area contributed by atoms with Gasteiger partial charge in [-0.1, -0.05) is 30.3 Å². The van der Waals surface area contributed by atoms with Gasteiger partial charge in [0.2, 0.25) is 0 Å². The number of aromatic hydroxyl groups is 1. The van der Waals surface area contributed by atoms with Gasteiger partial charge in [0.05, 0.1) is 11.8 Å². The number of phenols is 1. The molecule has 8 heteroatoms. The summed E-state index contributed by atoms with van der Waals surface area (Å²) in [7, 11) is 0. The standard InChI is InChI=1S/C20H20BrN5O2/c1-11(2)28-15-9-8-13(18(27)16(15)21)17-14(12-6-4-3-5-7-12)10-24-20(25-17)26-19(22)23/h3-11,27H,1-2H3,(H4,22,23,24,25,26). The number of rotatable bonds is 5. The molecule has 0 spiro atoms. The van der Waals surface area contributed by atoms with E-state index < -0.39 is 0 Å². The average molecular weight is 442 g/mol. The summed E-state index contributed by atoms with van der Waals surface area (Å²) in [6.45, 7) is 3.83. The molecule has 3 aromatic rings. The van der Waals surface area contributed by atoms with Gasteiger partial charge in [-0.3, -0.25) is 0 Å². The van der Waals surface area contributed by atoms with Crippen molar-refractivity contribution < 1.29 is 9.84 Å². The molecule has 0 unspecified atom stereocenters. The minimum Gasteiger partial charge on any atom is -0.506 e. The molecule has 28 heavy (non-hydrogen) atoms. The summed E-state index contributed by atoms with van der Waals surface area (Å²) in [6, 6.07) is 13.1. The maximum Gasteiger partial charge on any atom is 0.253 e. The van der Waals surface area contributed by atoms with E-state index in [1.54, 1.807) is 18.3 Å². The largest absolute Gasteiger partial charge is 0.506 e. The predicted molar refractivity (Wildman–Crippen MR) is 114 cm³/mol. The van der Waals surface area contributed by atoms with Crippen molar-refractivity contribution in [3.63, 3.8) is 0 Å². The molecule has 7 nitrogen and oxygen atoms in total. The van der Waals surface area contributed by atoms with Crippen LogP contribution in [0.2, 0.25) is 0 Å². The van der Waals surface area contributed by atoms with E-state index in [2.05, 4.69) is 30.9 Å². The molecule has 0 atom stereocenters. The molecule has 0 fully saturated rings. The molecular formula is C20H20BrN5O2. The van der Waals surface area contributed by atoms with E-state index in [0.717, 1.165) is 11.1 Å². The number of phenolic OH excluding ortho intramolecular Hbond substituents is 1. The van der Waals surface area contributed by atoms with Crippen molar-refractivity contribution >= 4 is 27.8 Å². The Bertz CT molecular complexity index is 1020. The third kappa shape index (κ3) is 4.23. The molecular weight excluding hydrogens is 422 g/mol. The molecule has 0 saturated heterocycles. The van der Waals surface area contributed by atoms with Crippen LogP contribution in [0.25, 0.3) is 22.4 Å². The highest BCUT2D eigenvalue weighted by molar-refractivity contribution is 9.10. The van der Waals surface area contributed by atoms with Crippen LogP contribution in [0.3, 0.4) is 0 Å². The smallest absolute Gasteiger partial charge is 0.253 e. The second-order valence-corrected chi connectivity index (χ2v) is 7.07. The van der Waals surface area contributed by atoms with Gasteiger partial charge in [-0.05, 0) is 47.5 Å². The molecule has 0 aliphatic rings. The quantitative estimate of drug-likeness (QED) is 0.406. The molecule has 0 saturated carbocycles. The number of halogens is 1. The summed E-state index contributed by atoms with van der Waals surface area (Å²) in [6.07, 6.45) is 1.60. The van der Waals surface area contributed by atoms with Crippen LogP contribution in [-0.2, 0) is 0 Å². The summed E-state index contributed by atoms with van der Waals surface area (Å²) in [5, 5.41) is 10.8. The van der Waals surface area contributed by atoms with Crippen molar-refractivity contribution in [1.29, 1.82) is 0 Å². The molecule has 0 amide bonds. The number of nitrogens with two attached hydrogens (primary N) is 2. The third-order valence-corrected chi connectivity index (χ3v) is 4.55. The lowest BCUT2D eigenvalue weighted by Crippen LogP contribution is -2.22. The summed E-state index contributed by atoms with van der Waals surface area (Å²) in [5.41, 5.74) is 13.5. The van der Waals surface area contributed by atoms with Crippen molar-refractivity contribution in [2.45, 2.75) is 20.0 Å². The number of hydrogen-bond acceptors (Lipinski definition) is 5. The molecule has 0 aliphatic carbocycles. The average Bonchev–Trinajstić information content (AvgIpc) is 2.65. The lowest BCUT2D eigenvalue weighted by molar-refractivity contribution is 0.239. The minimum atomic E-state index is -0.149. The van der Waals surface area contributed by atoms with Gasteiger partial charge < -0.3 is 21.3 Å². The van der Waals surface area contributed by atoms with Crippen LogP contribution in [0.5, 0.6) is 11.5 Å². The second kappa shape index (κ2) is 8.26. The van der Waals surface area contributed by atoms with Gasteiger partial charge in [0.15, 0.2) is 5.96 Å². The van der Waals surface area contributed by atoms with Gasteiger partial charge in [0.1, 0.15) is 16.0 Å². The first kappa shape index (κ1) is 19.6. The van der Waals surface area contributed by atoms with Crippen LogP contribution in [0.15, 0.2) is 58.1 Å². The zero-order valence-corrected chi connectivity index (χ0v) is 17.0. The lowest BCUT2D eigenvalue weighted by Gasteiger charge is -2.16. The highest BCUT2D eigenvalue weighted by Gasteiger charge is 2.19. The number of guanidine groups is 1. The van der Waals surface area contributed by atoms with E-state index in [1.807, 2.05) is 44.2 Å². The zero-order valence-electron chi connectivity index (χ0n) is 15.4. The van der Waals surface area contributed by atoms with Crippen molar-refractivity contribution in [3.8, 4) is 33.9 Å². The first-order valence-electron chi connectivity index (χ1n) is 8.57. The molecule has 1 aromatic heterocycles. The van der Waals surface area contributed by atoms with Crippen molar-refractivity contribution in [1.82, 2.24) is 9.97 Å². The Balaban J connectivity index is 2.21. The van der Waals surface area contributed by atoms with Gasteiger partial charge in [-0.2, -0.15) is 4.99 Å². The van der Waals surface area contributed by atoms with E-state index in [9.17, 15) is 5.11 Å². The number of nitrogens with zero attached hydrogens (tertiary/aromatic N) is 3. The van der Waals surface area contributed by atoms with Gasteiger partial charge in [-0.25, -0.2) is 9.97 Å². The highest BCUT2D eigenvalue weighted by Crippen LogP contribution is 2.43. The summed E-state index contributed by atoms with van der Waals surface area (Å²) >= 11 is 3.41. The molecule has 3 rings (SSSR count). The fourth-order valence-corrected chi connectivity index (χ4v) is 3.10. The van der Waals surface area contributed by atoms with Crippen LogP contribution < -0.4 is 16.2 Å². The SMILES string of the molecule is CC(C)Oc1ccc(-c2nc(N=C(N)N)ncc2-c2ccccc2)c(O)c1Br. The Kier molecular flexibility index (Phi) is 5.79. The summed E-state index contributed by atoms with van der Waals surface area (Å²) in [4.78, 5) is 12.6. The topological polar surface area (TPSA) is 120 Å². The van der Waals surface area contributed by atoms with Crippen LogP contribution in [-0.4, -0.2) is 27.1 Å². The second-order valence-electron chi connectivity index (χ2n) is 6.28. The number of benzene rings is 2. The lowest BCUT2D eigenvalue weighted by atomic mass is 10.00. The molecule has 0 bridgehead atoms. The monoisotopic (exact) mass is 441 g/mol. The Labute approximate surface area is 171 Å². The van der Waals surface area contributed by atoms with Crippen LogP contribution in [0.1, 0.15) is 13.8 Å². The Morgan fingerprint density at radius 3 is 2.46 bits per heavy atom. The van der Waals surface area contributed by atoms with Crippen LogP contribution >= 0.6 is 15.9 Å². The van der Waals surface area contributed by atoms with Crippen molar-refractivity contribution in [2.24, 2.45) is 16.5 Å². The van der Waals surface area contributed by atoms with Crippen LogP contribution in [0.4, 0.5) is 5.95 Å². The molecule has 1 heterocycles. The maximum absolute atomic E-state index is 10.8. The Morgan fingerprint density at radius 1 is 1.11 bits per heavy atom. The number of hydrogen-bond donors (Lipinski definition) is 3. The number of aliphatic imine (C=N–C) groups is 1. The highest BCUT2D eigenvalue weighted by atomic mass is 79.9. The Morgan fingerprint density at radius 2 is 1.82 bits per heavy atom. The first-order valence-corrected chi connectivity index (χ1v) is 9.36. The van der Waals surface area contributed by atoms with Crippen molar-refractivity contribution in [2.75, 3.05) is 0 Å². The van der Waals surface area contributed by atoms with Crippen LogP contribution in [0, 0.1) is 0 Å². The number of aromatic nitrogens is 2. The van der Waals surface area contributed by atoms with Gasteiger partial charge >= 0.3 is 0 Å². The van der Waals surface area contributed by atoms with E-state index in [0.29, 0.717) is 21.5 Å². The minimum absolute atomic E-state index is 0.00433. The molecule has 144 valence electrons.